The van der Waals surface area contributed by atoms with E-state index >= 15 is 0 Å². The highest BCUT2D eigenvalue weighted by Gasteiger charge is 2.34. The minimum absolute atomic E-state index is 0.116. The molecular weight excluding hydrogens is 620 g/mol. The number of rotatable bonds is 19. The first-order valence-corrected chi connectivity index (χ1v) is 17.5. The number of unbranched alkanes of at least 4 members (excludes halogenated alkanes) is 1. The lowest BCUT2D eigenvalue weighted by molar-refractivity contribution is -0.135. The summed E-state index contributed by atoms with van der Waals surface area (Å²) in [5.41, 5.74) is -0.0805. The summed E-state index contributed by atoms with van der Waals surface area (Å²) in [6, 6.07) is 13.4. The molecule has 1 saturated heterocycles. The number of nitrogens with one attached hydrogen (secondary N) is 1. The third-order valence-electron chi connectivity index (χ3n) is 7.94. The minimum Gasteiger partial charge on any atom is -0.478 e. The van der Waals surface area contributed by atoms with Gasteiger partial charge < -0.3 is 15.0 Å². The lowest BCUT2D eigenvalue weighted by Gasteiger charge is -2.27. The molecule has 1 aliphatic heterocycles. The molecule has 3 rings (SSSR count). The molecule has 48 heavy (non-hydrogen) atoms. The zero-order valence-electron chi connectivity index (χ0n) is 28.7. The molecule has 0 saturated carbocycles. The number of carbonyl (C=O) groups excluding carboxylic acids is 3. The van der Waals surface area contributed by atoms with Gasteiger partial charge in [0.2, 0.25) is 5.91 Å². The van der Waals surface area contributed by atoms with Gasteiger partial charge in [-0.3, -0.25) is 14.4 Å². The Morgan fingerprint density at radius 1 is 0.812 bits per heavy atom. The SMILES string of the molecule is CC/C=C\C/C=C\C/C=C\C/C=C\C/C=C\CCCC(=O)N1CC[C@@H](NC(=O)C(C)(C)Oc2ccc(C(=O)c3ccc(Cl)cc3)cc2)C1. The van der Waals surface area contributed by atoms with Crippen molar-refractivity contribution in [3.63, 3.8) is 0 Å². The summed E-state index contributed by atoms with van der Waals surface area (Å²) >= 11 is 5.93. The summed E-state index contributed by atoms with van der Waals surface area (Å²) in [6.07, 6.45) is 29.6. The van der Waals surface area contributed by atoms with E-state index in [9.17, 15) is 14.4 Å². The maximum Gasteiger partial charge on any atom is 0.263 e. The van der Waals surface area contributed by atoms with Gasteiger partial charge in [0, 0.05) is 41.7 Å². The van der Waals surface area contributed by atoms with Crippen LogP contribution < -0.4 is 10.1 Å². The van der Waals surface area contributed by atoms with Gasteiger partial charge in [0.1, 0.15) is 5.75 Å². The monoisotopic (exact) mass is 670 g/mol. The lowest BCUT2D eigenvalue weighted by Crippen LogP contribution is -2.50. The molecule has 0 aliphatic carbocycles. The quantitative estimate of drug-likeness (QED) is 0.0918. The van der Waals surface area contributed by atoms with E-state index in [4.69, 9.17) is 16.3 Å². The predicted octanol–water partition coefficient (Wildman–Crippen LogP) is 9.37. The average molecular weight is 671 g/mol. The Kier molecular flexibility index (Phi) is 16.7. The van der Waals surface area contributed by atoms with Gasteiger partial charge in [0.15, 0.2) is 11.4 Å². The lowest BCUT2D eigenvalue weighted by atomic mass is 10.0. The third-order valence-corrected chi connectivity index (χ3v) is 8.19. The number of allylic oxidation sites excluding steroid dienone is 10. The average Bonchev–Trinajstić information content (AvgIpc) is 3.55. The van der Waals surface area contributed by atoms with Crippen molar-refractivity contribution in [1.29, 1.82) is 0 Å². The van der Waals surface area contributed by atoms with Gasteiger partial charge in [0.25, 0.3) is 5.91 Å². The Hall–Kier alpha value is -4.16. The van der Waals surface area contributed by atoms with Crippen LogP contribution in [-0.2, 0) is 9.59 Å². The van der Waals surface area contributed by atoms with Gasteiger partial charge in [-0.25, -0.2) is 0 Å². The van der Waals surface area contributed by atoms with E-state index in [0.29, 0.717) is 47.8 Å². The molecule has 1 heterocycles. The fraction of sp³-hybridized carbons (Fsp3) is 0.390. The maximum atomic E-state index is 13.1. The van der Waals surface area contributed by atoms with Crippen LogP contribution in [0.1, 0.15) is 94.5 Å². The van der Waals surface area contributed by atoms with Gasteiger partial charge in [-0.1, -0.05) is 79.3 Å². The van der Waals surface area contributed by atoms with E-state index in [2.05, 4.69) is 73.0 Å². The van der Waals surface area contributed by atoms with Crippen LogP contribution in [0.5, 0.6) is 5.75 Å². The molecule has 1 N–H and O–H groups in total. The second kappa shape index (κ2) is 20.9. The molecule has 6 nitrogen and oxygen atoms in total. The van der Waals surface area contributed by atoms with Gasteiger partial charge >= 0.3 is 0 Å². The Morgan fingerprint density at radius 2 is 1.33 bits per heavy atom. The number of likely N-dealkylation sites (tertiary alicyclic amines) is 1. The van der Waals surface area contributed by atoms with Crippen LogP contribution in [0.3, 0.4) is 0 Å². The van der Waals surface area contributed by atoms with Gasteiger partial charge in [-0.2, -0.15) is 0 Å². The Labute approximate surface area is 292 Å². The first-order chi connectivity index (χ1) is 23.2. The fourth-order valence-corrected chi connectivity index (χ4v) is 5.27. The number of carbonyl (C=O) groups is 3. The maximum absolute atomic E-state index is 13.1. The predicted molar refractivity (Wildman–Crippen MR) is 197 cm³/mol. The van der Waals surface area contributed by atoms with Crippen LogP contribution in [0, 0.1) is 0 Å². The molecule has 7 heteroatoms. The van der Waals surface area contributed by atoms with Crippen molar-refractivity contribution >= 4 is 29.2 Å². The first kappa shape index (κ1) is 38.3. The number of amides is 2. The third kappa shape index (κ3) is 13.9. The molecule has 0 spiro atoms. The van der Waals surface area contributed by atoms with Crippen LogP contribution in [0.15, 0.2) is 109 Å². The molecule has 2 aromatic carbocycles. The molecule has 1 aliphatic rings. The van der Waals surface area contributed by atoms with Crippen LogP contribution in [-0.4, -0.2) is 47.2 Å². The van der Waals surface area contributed by atoms with Crippen molar-refractivity contribution in [3.05, 3.63) is 125 Å². The highest BCUT2D eigenvalue weighted by molar-refractivity contribution is 6.30. The van der Waals surface area contributed by atoms with Crippen molar-refractivity contribution in [3.8, 4) is 5.75 Å². The summed E-state index contributed by atoms with van der Waals surface area (Å²) in [5, 5.41) is 3.63. The number of halogens is 1. The molecule has 0 bridgehead atoms. The summed E-state index contributed by atoms with van der Waals surface area (Å²) in [7, 11) is 0. The number of ketones is 1. The van der Waals surface area contributed by atoms with Crippen LogP contribution in [0.25, 0.3) is 0 Å². The van der Waals surface area contributed by atoms with Crippen molar-refractivity contribution in [2.75, 3.05) is 13.1 Å². The van der Waals surface area contributed by atoms with Crippen molar-refractivity contribution < 1.29 is 19.1 Å². The zero-order chi connectivity index (χ0) is 34.6. The van der Waals surface area contributed by atoms with E-state index in [0.717, 1.165) is 44.9 Å². The van der Waals surface area contributed by atoms with E-state index in [1.165, 1.54) is 0 Å². The van der Waals surface area contributed by atoms with Gasteiger partial charge in [-0.05, 0) is 114 Å². The first-order valence-electron chi connectivity index (χ1n) is 17.1. The van der Waals surface area contributed by atoms with E-state index in [-0.39, 0.29) is 23.6 Å². The number of ether oxygens (including phenoxy) is 1. The zero-order valence-corrected chi connectivity index (χ0v) is 29.5. The molecule has 2 aromatic rings. The highest BCUT2D eigenvalue weighted by atomic mass is 35.5. The molecule has 256 valence electrons. The second-order valence-corrected chi connectivity index (χ2v) is 12.8. The highest BCUT2D eigenvalue weighted by Crippen LogP contribution is 2.22. The van der Waals surface area contributed by atoms with Crippen LogP contribution >= 0.6 is 11.6 Å². The number of hydrogen-bond acceptors (Lipinski definition) is 4. The largest absolute Gasteiger partial charge is 0.478 e. The van der Waals surface area contributed by atoms with Crippen LogP contribution in [0.4, 0.5) is 0 Å². The molecule has 1 fully saturated rings. The second-order valence-electron chi connectivity index (χ2n) is 12.4. The normalized spacial score (nSPS) is 15.5. The molecule has 0 unspecified atom stereocenters. The Bertz CT molecular complexity index is 1450. The summed E-state index contributed by atoms with van der Waals surface area (Å²) in [6.45, 7) is 6.70. The van der Waals surface area contributed by atoms with Crippen molar-refractivity contribution in [1.82, 2.24) is 10.2 Å². The number of nitrogens with zero attached hydrogens (tertiary/aromatic N) is 1. The Morgan fingerprint density at radius 3 is 1.90 bits per heavy atom. The van der Waals surface area contributed by atoms with E-state index in [1.54, 1.807) is 62.4 Å². The number of hydrogen-bond donors (Lipinski definition) is 1. The summed E-state index contributed by atoms with van der Waals surface area (Å²) in [5.74, 6) is 0.243. The summed E-state index contributed by atoms with van der Waals surface area (Å²) < 4.78 is 6.01. The van der Waals surface area contributed by atoms with Crippen molar-refractivity contribution in [2.24, 2.45) is 0 Å². The molecule has 2 amide bonds. The van der Waals surface area contributed by atoms with Crippen molar-refractivity contribution in [2.45, 2.75) is 90.2 Å². The molecule has 1 atom stereocenters. The standard InChI is InChI=1S/C41H51ClN2O4/c1-4-5-6-7-8-9-10-11-12-13-14-15-16-17-18-19-20-21-38(45)44-31-30-36(32-44)43-40(47)41(2,3)48-37-28-24-34(25-29-37)39(46)33-22-26-35(42)27-23-33/h5-6,8-9,11-12,14-15,17-18,22-29,36H,4,7,10,13,16,19-21,30-32H2,1-3H3,(H,43,47)/b6-5-,9-8-,12-11-,15-14-,18-17-/t36-/m1/s1. The van der Waals surface area contributed by atoms with Gasteiger partial charge in [-0.15, -0.1) is 0 Å². The molecular formula is C41H51ClN2O4. The fourth-order valence-electron chi connectivity index (χ4n) is 5.14. The van der Waals surface area contributed by atoms with Crippen LogP contribution in [0.2, 0.25) is 5.02 Å². The Balaban J connectivity index is 1.29. The molecule has 0 radical (unpaired) electrons. The smallest absolute Gasteiger partial charge is 0.263 e. The minimum atomic E-state index is -1.14. The van der Waals surface area contributed by atoms with Gasteiger partial charge in [0.05, 0.1) is 0 Å². The molecule has 0 aromatic heterocycles. The topological polar surface area (TPSA) is 75.7 Å². The van der Waals surface area contributed by atoms with E-state index in [1.807, 2.05) is 4.90 Å². The van der Waals surface area contributed by atoms with E-state index < -0.39 is 5.60 Å². The summed E-state index contributed by atoms with van der Waals surface area (Å²) in [4.78, 5) is 40.5. The number of benzene rings is 2.